The summed E-state index contributed by atoms with van der Waals surface area (Å²) in [6.45, 7) is 10.3. The molecule has 0 aromatic carbocycles. The fraction of sp³-hybridized carbons (Fsp3) is 0.929. The van der Waals surface area contributed by atoms with Crippen LogP contribution < -0.4 is 5.32 Å². The molecule has 1 fully saturated rings. The molecule has 0 radical (unpaired) electrons. The first kappa shape index (κ1) is 15.5. The lowest BCUT2D eigenvalue weighted by atomic mass is 9.99. The van der Waals surface area contributed by atoms with Gasteiger partial charge in [0.2, 0.25) is 0 Å². The summed E-state index contributed by atoms with van der Waals surface area (Å²) in [5, 5.41) is 5.42. The first-order chi connectivity index (χ1) is 9.33. The van der Waals surface area contributed by atoms with E-state index in [1.165, 1.54) is 42.6 Å². The van der Waals surface area contributed by atoms with E-state index in [2.05, 4.69) is 40.8 Å². The minimum atomic E-state index is 0.712. The molecule has 0 saturated carbocycles. The van der Waals surface area contributed by atoms with Crippen LogP contribution >= 0.6 is 23.5 Å². The van der Waals surface area contributed by atoms with Crippen molar-refractivity contribution in [2.75, 3.05) is 44.2 Å². The molecule has 0 aromatic heterocycles. The predicted octanol–water partition coefficient (Wildman–Crippen LogP) is 2.53. The Morgan fingerprint density at radius 2 is 2.05 bits per heavy atom. The van der Waals surface area contributed by atoms with Gasteiger partial charge in [-0.25, -0.2) is 0 Å². The molecule has 1 atom stereocenters. The molecule has 1 unspecified atom stereocenters. The third-order valence-corrected chi connectivity index (χ3v) is 6.34. The van der Waals surface area contributed by atoms with Crippen molar-refractivity contribution in [1.82, 2.24) is 10.2 Å². The molecule has 0 aromatic rings. The number of thioether (sulfide) groups is 2. The molecule has 2 rings (SSSR count). The third-order valence-electron chi connectivity index (χ3n) is 4.06. The molecule has 0 aliphatic carbocycles. The SMILES string of the molecule is CCC(CC)C1CN=C(NCCN2CCSCC2)S1. The largest absolute Gasteiger partial charge is 0.364 e. The minimum Gasteiger partial charge on any atom is -0.364 e. The quantitative estimate of drug-likeness (QED) is 0.816. The Morgan fingerprint density at radius 1 is 1.32 bits per heavy atom. The van der Waals surface area contributed by atoms with E-state index in [0.29, 0.717) is 5.25 Å². The molecular formula is C14H27N3S2. The van der Waals surface area contributed by atoms with Gasteiger partial charge in [-0.15, -0.1) is 0 Å². The first-order valence-corrected chi connectivity index (χ1v) is 9.62. The summed E-state index contributed by atoms with van der Waals surface area (Å²) in [4.78, 5) is 7.22. The zero-order valence-corrected chi connectivity index (χ0v) is 13.9. The molecule has 2 heterocycles. The Hall–Kier alpha value is 0.130. The van der Waals surface area contributed by atoms with Crippen molar-refractivity contribution in [2.45, 2.75) is 31.9 Å². The number of hydrogen-bond donors (Lipinski definition) is 1. The van der Waals surface area contributed by atoms with Crippen molar-refractivity contribution in [3.05, 3.63) is 0 Å². The van der Waals surface area contributed by atoms with Crippen LogP contribution in [0, 0.1) is 5.92 Å². The summed E-state index contributed by atoms with van der Waals surface area (Å²) in [5.41, 5.74) is 0. The van der Waals surface area contributed by atoms with Crippen molar-refractivity contribution in [3.8, 4) is 0 Å². The summed E-state index contributed by atoms with van der Waals surface area (Å²) in [7, 11) is 0. The maximum Gasteiger partial charge on any atom is 0.156 e. The average molecular weight is 302 g/mol. The minimum absolute atomic E-state index is 0.712. The lowest BCUT2D eigenvalue weighted by Crippen LogP contribution is -2.38. The Balaban J connectivity index is 1.62. The maximum absolute atomic E-state index is 4.66. The van der Waals surface area contributed by atoms with Gasteiger partial charge >= 0.3 is 0 Å². The van der Waals surface area contributed by atoms with Gasteiger partial charge in [-0.2, -0.15) is 11.8 Å². The van der Waals surface area contributed by atoms with Crippen LogP contribution in [0.4, 0.5) is 0 Å². The van der Waals surface area contributed by atoms with Gasteiger partial charge in [0.1, 0.15) is 0 Å². The normalized spacial score (nSPS) is 24.8. The van der Waals surface area contributed by atoms with Crippen LogP contribution in [-0.4, -0.2) is 59.5 Å². The van der Waals surface area contributed by atoms with E-state index in [1.807, 2.05) is 11.8 Å². The highest BCUT2D eigenvalue weighted by Gasteiger charge is 2.25. The number of nitrogens with one attached hydrogen (secondary N) is 1. The molecule has 0 bridgehead atoms. The molecule has 3 nitrogen and oxygen atoms in total. The van der Waals surface area contributed by atoms with Gasteiger partial charge in [0, 0.05) is 42.9 Å². The predicted molar refractivity (Wildman–Crippen MR) is 89.5 cm³/mol. The summed E-state index contributed by atoms with van der Waals surface area (Å²) >= 11 is 4.05. The zero-order chi connectivity index (χ0) is 13.5. The molecule has 2 aliphatic rings. The molecule has 1 saturated heterocycles. The number of rotatable bonds is 6. The fourth-order valence-electron chi connectivity index (χ4n) is 2.69. The van der Waals surface area contributed by atoms with Crippen LogP contribution in [0.2, 0.25) is 0 Å². The van der Waals surface area contributed by atoms with Gasteiger partial charge in [-0.1, -0.05) is 38.5 Å². The standard InChI is InChI=1S/C14H27N3S2/c1-3-12(4-2)13-11-16-14(19-13)15-5-6-17-7-9-18-10-8-17/h12-13H,3-11H2,1-2H3,(H,15,16). The maximum atomic E-state index is 4.66. The van der Waals surface area contributed by atoms with Crippen molar-refractivity contribution < 1.29 is 0 Å². The van der Waals surface area contributed by atoms with E-state index in [1.54, 1.807) is 0 Å². The van der Waals surface area contributed by atoms with Crippen LogP contribution in [0.5, 0.6) is 0 Å². The highest BCUT2D eigenvalue weighted by Crippen LogP contribution is 2.30. The lowest BCUT2D eigenvalue weighted by molar-refractivity contribution is 0.307. The van der Waals surface area contributed by atoms with E-state index < -0.39 is 0 Å². The molecular weight excluding hydrogens is 274 g/mol. The number of amidine groups is 1. The van der Waals surface area contributed by atoms with Crippen LogP contribution in [0.25, 0.3) is 0 Å². The molecule has 0 spiro atoms. The lowest BCUT2D eigenvalue weighted by Gasteiger charge is -2.26. The average Bonchev–Trinajstić information content (AvgIpc) is 2.90. The van der Waals surface area contributed by atoms with Crippen LogP contribution in [0.1, 0.15) is 26.7 Å². The van der Waals surface area contributed by atoms with Crippen LogP contribution in [0.15, 0.2) is 4.99 Å². The second kappa shape index (κ2) is 8.42. The summed E-state index contributed by atoms with van der Waals surface area (Å²) in [5.74, 6) is 3.42. The Bertz CT molecular complexity index is 286. The van der Waals surface area contributed by atoms with E-state index in [4.69, 9.17) is 0 Å². The molecule has 19 heavy (non-hydrogen) atoms. The fourth-order valence-corrected chi connectivity index (χ4v) is 5.02. The second-order valence-electron chi connectivity index (χ2n) is 5.26. The van der Waals surface area contributed by atoms with E-state index in [-0.39, 0.29) is 0 Å². The van der Waals surface area contributed by atoms with Gasteiger partial charge in [-0.05, 0) is 5.92 Å². The van der Waals surface area contributed by atoms with Gasteiger partial charge in [0.15, 0.2) is 5.17 Å². The van der Waals surface area contributed by atoms with Gasteiger partial charge in [0.25, 0.3) is 0 Å². The Labute approximate surface area is 126 Å². The molecule has 1 N–H and O–H groups in total. The molecule has 5 heteroatoms. The second-order valence-corrected chi connectivity index (χ2v) is 7.71. The Kier molecular flexibility index (Phi) is 6.88. The van der Waals surface area contributed by atoms with E-state index in [9.17, 15) is 0 Å². The topological polar surface area (TPSA) is 27.6 Å². The monoisotopic (exact) mass is 301 g/mol. The van der Waals surface area contributed by atoms with Crippen LogP contribution in [0.3, 0.4) is 0 Å². The van der Waals surface area contributed by atoms with Crippen molar-refractivity contribution in [3.63, 3.8) is 0 Å². The Morgan fingerprint density at radius 3 is 2.74 bits per heavy atom. The number of aliphatic imine (C=N–C) groups is 1. The summed E-state index contributed by atoms with van der Waals surface area (Å²) in [6.07, 6.45) is 2.56. The molecule has 2 aliphatic heterocycles. The smallest absolute Gasteiger partial charge is 0.156 e. The summed E-state index contributed by atoms with van der Waals surface area (Å²) < 4.78 is 0. The first-order valence-electron chi connectivity index (χ1n) is 7.58. The summed E-state index contributed by atoms with van der Waals surface area (Å²) in [6, 6.07) is 0. The zero-order valence-electron chi connectivity index (χ0n) is 12.2. The van der Waals surface area contributed by atoms with Crippen molar-refractivity contribution >= 4 is 28.7 Å². The van der Waals surface area contributed by atoms with Gasteiger partial charge in [-0.3, -0.25) is 9.89 Å². The van der Waals surface area contributed by atoms with Crippen molar-refractivity contribution in [2.24, 2.45) is 10.9 Å². The van der Waals surface area contributed by atoms with Crippen molar-refractivity contribution in [1.29, 1.82) is 0 Å². The third kappa shape index (κ3) is 4.87. The van der Waals surface area contributed by atoms with E-state index >= 15 is 0 Å². The van der Waals surface area contributed by atoms with Crippen LogP contribution in [-0.2, 0) is 0 Å². The molecule has 110 valence electrons. The highest BCUT2D eigenvalue weighted by molar-refractivity contribution is 8.14. The number of nitrogens with zero attached hydrogens (tertiary/aromatic N) is 2. The van der Waals surface area contributed by atoms with Gasteiger partial charge < -0.3 is 5.32 Å². The van der Waals surface area contributed by atoms with Gasteiger partial charge in [0.05, 0.1) is 6.54 Å². The molecule has 0 amide bonds. The highest BCUT2D eigenvalue weighted by atomic mass is 32.2. The number of hydrogen-bond acceptors (Lipinski definition) is 5. The van der Waals surface area contributed by atoms with E-state index in [0.717, 1.165) is 25.6 Å².